The molecule has 3 aliphatic carbocycles. The van der Waals surface area contributed by atoms with Gasteiger partial charge in [-0.2, -0.15) is 21.6 Å². The lowest BCUT2D eigenvalue weighted by Gasteiger charge is -2.53. The second-order valence-corrected chi connectivity index (χ2v) is 11.3. The number of halogens is 3. The first-order chi connectivity index (χ1) is 14.7. The lowest BCUT2D eigenvalue weighted by Crippen LogP contribution is -2.51. The van der Waals surface area contributed by atoms with Gasteiger partial charge in [-0.25, -0.2) is 0 Å². The van der Waals surface area contributed by atoms with Crippen LogP contribution >= 0.6 is 0 Å². The van der Waals surface area contributed by atoms with Crippen LogP contribution in [0.25, 0.3) is 0 Å². The molecule has 0 aromatic heterocycles. The zero-order valence-corrected chi connectivity index (χ0v) is 18.2. The van der Waals surface area contributed by atoms with Gasteiger partial charge in [0.15, 0.2) is 0 Å². The third-order valence-corrected chi connectivity index (χ3v) is 8.64. The Bertz CT molecular complexity index is 978. The Morgan fingerprint density at radius 3 is 2.39 bits per heavy atom. The van der Waals surface area contributed by atoms with E-state index in [0.29, 0.717) is 24.9 Å². The maximum atomic E-state index is 12.6. The predicted octanol–water partition coefficient (Wildman–Crippen LogP) is 5.78. The second-order valence-electron chi connectivity index (χ2n) is 9.72. The van der Waals surface area contributed by atoms with Crippen molar-refractivity contribution in [2.45, 2.75) is 81.3 Å². The fourth-order valence-electron chi connectivity index (χ4n) is 5.87. The van der Waals surface area contributed by atoms with E-state index in [-0.39, 0.29) is 17.6 Å². The van der Waals surface area contributed by atoms with Gasteiger partial charge in [-0.15, -0.1) is 0 Å². The van der Waals surface area contributed by atoms with Gasteiger partial charge in [0.2, 0.25) is 0 Å². The quantitative estimate of drug-likeness (QED) is 0.417. The van der Waals surface area contributed by atoms with Crippen molar-refractivity contribution in [1.82, 2.24) is 4.90 Å². The molecule has 4 aliphatic rings. The Morgan fingerprint density at radius 2 is 1.77 bits per heavy atom. The highest BCUT2D eigenvalue weighted by molar-refractivity contribution is 7.87. The Morgan fingerprint density at radius 1 is 1.06 bits per heavy atom. The maximum Gasteiger partial charge on any atom is 0.534 e. The van der Waals surface area contributed by atoms with Gasteiger partial charge in [-0.05, 0) is 86.4 Å². The second kappa shape index (κ2) is 7.51. The van der Waals surface area contributed by atoms with Crippen LogP contribution in [0.1, 0.15) is 80.9 Å². The summed E-state index contributed by atoms with van der Waals surface area (Å²) in [6, 6.07) is 9.82. The van der Waals surface area contributed by atoms with E-state index in [9.17, 15) is 21.6 Å². The van der Waals surface area contributed by atoms with Crippen LogP contribution in [-0.2, 0) is 14.3 Å². The van der Waals surface area contributed by atoms with Crippen LogP contribution in [0.3, 0.4) is 0 Å². The van der Waals surface area contributed by atoms with Crippen LogP contribution in [0, 0.1) is 5.41 Å². The minimum absolute atomic E-state index is 0.0659. The molecule has 170 valence electrons. The Balaban J connectivity index is 1.23. The molecular weight excluding hydrogens is 427 g/mol. The number of hydrogen-bond acceptors (Lipinski definition) is 4. The molecular formula is C23H28F3NO3S. The number of benzene rings is 1. The summed E-state index contributed by atoms with van der Waals surface area (Å²) in [6.07, 6.45) is 10.1. The van der Waals surface area contributed by atoms with Gasteiger partial charge in [-0.1, -0.05) is 24.3 Å². The molecule has 1 atom stereocenters. The Hall–Kier alpha value is -1.54. The monoisotopic (exact) mass is 455 g/mol. The van der Waals surface area contributed by atoms with Crippen molar-refractivity contribution in [3.8, 4) is 0 Å². The number of allylic oxidation sites excluding steroid dienone is 2. The van der Waals surface area contributed by atoms with Crippen molar-refractivity contribution in [3.05, 3.63) is 47.2 Å². The molecule has 1 spiro atoms. The maximum absolute atomic E-state index is 12.6. The van der Waals surface area contributed by atoms with Crippen LogP contribution < -0.4 is 0 Å². The normalized spacial score (nSPS) is 32.0. The summed E-state index contributed by atoms with van der Waals surface area (Å²) >= 11 is 0. The van der Waals surface area contributed by atoms with E-state index < -0.39 is 15.6 Å². The summed E-state index contributed by atoms with van der Waals surface area (Å²) in [5.41, 5.74) is -2.31. The van der Waals surface area contributed by atoms with Crippen LogP contribution in [0.2, 0.25) is 0 Å². The number of likely N-dealkylation sites (tertiary alicyclic amines) is 1. The number of hydrogen-bond donors (Lipinski definition) is 0. The molecule has 0 N–H and O–H groups in total. The molecule has 1 saturated heterocycles. The van der Waals surface area contributed by atoms with Crippen molar-refractivity contribution in [2.75, 3.05) is 6.54 Å². The fourth-order valence-corrected chi connectivity index (χ4v) is 6.40. The van der Waals surface area contributed by atoms with Gasteiger partial charge in [0.1, 0.15) is 5.76 Å². The zero-order valence-electron chi connectivity index (χ0n) is 17.4. The van der Waals surface area contributed by atoms with Gasteiger partial charge >= 0.3 is 15.6 Å². The molecule has 2 saturated carbocycles. The fraction of sp³-hybridized carbons (Fsp3) is 0.652. The largest absolute Gasteiger partial charge is 0.534 e. The average Bonchev–Trinajstić information content (AvgIpc) is 3.43. The number of nitrogens with zero attached hydrogens (tertiary/aromatic N) is 1. The van der Waals surface area contributed by atoms with E-state index in [4.69, 9.17) is 0 Å². The van der Waals surface area contributed by atoms with Gasteiger partial charge < -0.3 is 4.18 Å². The highest BCUT2D eigenvalue weighted by Gasteiger charge is 2.51. The van der Waals surface area contributed by atoms with Crippen LogP contribution in [0.15, 0.2) is 36.1 Å². The molecule has 8 heteroatoms. The standard InChI is InChI=1S/C23H28F3NO3S/c24-23(25,26)31(28,29)30-18-9-11-22(12-10-18)14-17(15-22)27-13-3-6-21(27)20-5-2-1-4-19(20)16-7-8-16/h1-2,4-5,9,16-17,21H,3,6-8,10-15H2/t17?,21-,22?/m0/s1. The van der Waals surface area contributed by atoms with Gasteiger partial charge in [-0.3, -0.25) is 4.90 Å². The molecule has 5 rings (SSSR count). The summed E-state index contributed by atoms with van der Waals surface area (Å²) in [5.74, 6) is 0.657. The first kappa shape index (κ1) is 21.3. The molecule has 0 bridgehead atoms. The topological polar surface area (TPSA) is 46.6 Å². The molecule has 1 aromatic rings. The molecule has 1 heterocycles. The highest BCUT2D eigenvalue weighted by Crippen LogP contribution is 2.56. The van der Waals surface area contributed by atoms with Gasteiger partial charge in [0.25, 0.3) is 0 Å². The van der Waals surface area contributed by atoms with Crippen LogP contribution in [0.4, 0.5) is 13.2 Å². The van der Waals surface area contributed by atoms with E-state index in [1.165, 1.54) is 36.8 Å². The SMILES string of the molecule is O=S(=O)(OC1=CCC2(CC1)CC(N1CCC[C@H]1c1ccccc1C1CC1)C2)C(F)(F)F. The summed E-state index contributed by atoms with van der Waals surface area (Å²) < 4.78 is 64.5. The molecule has 1 aliphatic heterocycles. The van der Waals surface area contributed by atoms with E-state index in [1.807, 2.05) is 0 Å². The third-order valence-electron chi connectivity index (χ3n) is 7.64. The minimum Gasteiger partial charge on any atom is -0.381 e. The summed E-state index contributed by atoms with van der Waals surface area (Å²) in [7, 11) is -5.57. The molecule has 3 fully saturated rings. The van der Waals surface area contributed by atoms with E-state index in [1.54, 1.807) is 6.08 Å². The molecule has 4 nitrogen and oxygen atoms in total. The van der Waals surface area contributed by atoms with Crippen molar-refractivity contribution < 1.29 is 25.8 Å². The van der Waals surface area contributed by atoms with Crippen molar-refractivity contribution in [1.29, 1.82) is 0 Å². The Kier molecular flexibility index (Phi) is 5.16. The summed E-state index contributed by atoms with van der Waals surface area (Å²) in [5, 5.41) is 0. The highest BCUT2D eigenvalue weighted by atomic mass is 32.2. The number of alkyl halides is 3. The van der Waals surface area contributed by atoms with E-state index in [2.05, 4.69) is 33.3 Å². The van der Waals surface area contributed by atoms with Gasteiger partial charge in [0, 0.05) is 18.5 Å². The van der Waals surface area contributed by atoms with E-state index >= 15 is 0 Å². The molecule has 1 aromatic carbocycles. The molecule has 0 amide bonds. The third kappa shape index (κ3) is 4.01. The first-order valence-corrected chi connectivity index (χ1v) is 12.6. The zero-order chi connectivity index (χ0) is 21.9. The smallest absolute Gasteiger partial charge is 0.381 e. The van der Waals surface area contributed by atoms with Crippen molar-refractivity contribution >= 4 is 10.1 Å². The first-order valence-electron chi connectivity index (χ1n) is 11.2. The number of rotatable bonds is 5. The average molecular weight is 456 g/mol. The van der Waals surface area contributed by atoms with Crippen LogP contribution in [-0.4, -0.2) is 31.4 Å². The minimum atomic E-state index is -5.57. The van der Waals surface area contributed by atoms with E-state index in [0.717, 1.165) is 25.3 Å². The lowest BCUT2D eigenvalue weighted by molar-refractivity contribution is -0.0532. The summed E-state index contributed by atoms with van der Waals surface area (Å²) in [4.78, 5) is 2.65. The van der Waals surface area contributed by atoms with Gasteiger partial charge in [0.05, 0.1) is 0 Å². The van der Waals surface area contributed by atoms with Crippen LogP contribution in [0.5, 0.6) is 0 Å². The lowest BCUT2D eigenvalue weighted by atomic mass is 9.59. The molecule has 0 radical (unpaired) electrons. The Labute approximate surface area is 181 Å². The molecule has 31 heavy (non-hydrogen) atoms. The molecule has 0 unspecified atom stereocenters. The predicted molar refractivity (Wildman–Crippen MR) is 111 cm³/mol. The summed E-state index contributed by atoms with van der Waals surface area (Å²) in [6.45, 7) is 1.10. The van der Waals surface area contributed by atoms with Crippen molar-refractivity contribution in [3.63, 3.8) is 0 Å². The van der Waals surface area contributed by atoms with Crippen molar-refractivity contribution in [2.24, 2.45) is 5.41 Å².